The van der Waals surface area contributed by atoms with Crippen LogP contribution in [0.5, 0.6) is 0 Å². The average Bonchev–Trinajstić information content (AvgIpc) is 3.68. The van der Waals surface area contributed by atoms with E-state index in [4.69, 9.17) is 4.74 Å². The first-order valence-corrected chi connectivity index (χ1v) is 17.7. The fraction of sp³-hybridized carbons (Fsp3) is 0.211. The normalized spacial score (nSPS) is 14.8. The zero-order chi connectivity index (χ0) is 34.5. The molecule has 5 aromatic rings. The molecule has 250 valence electrons. The molecule has 2 unspecified atom stereocenters. The molecule has 0 aliphatic heterocycles. The van der Waals surface area contributed by atoms with Crippen LogP contribution in [0.25, 0.3) is 17.0 Å². The molecule has 1 aliphatic carbocycles. The van der Waals surface area contributed by atoms with Crippen molar-refractivity contribution in [3.05, 3.63) is 118 Å². The van der Waals surface area contributed by atoms with Gasteiger partial charge in [-0.1, -0.05) is 49.4 Å². The van der Waals surface area contributed by atoms with Crippen LogP contribution in [0.15, 0.2) is 95.7 Å². The van der Waals surface area contributed by atoms with E-state index in [1.165, 1.54) is 30.2 Å². The highest BCUT2D eigenvalue weighted by Gasteiger charge is 2.30. The molecule has 49 heavy (non-hydrogen) atoms. The van der Waals surface area contributed by atoms with E-state index in [1.807, 2.05) is 36.4 Å². The SMILES string of the molecule is COC(=O)c1c(NC(=O)C(C)Sc2cccc(NC(=O)/C(=C/c3c[nH]c4ccccc34)NC(=O)c3ccccc3)c2)sc2c1CCC(C)C2. The molecule has 0 spiro atoms. The van der Waals surface area contributed by atoms with Crippen LogP contribution in [-0.4, -0.2) is 41.0 Å². The summed E-state index contributed by atoms with van der Waals surface area (Å²) in [5.41, 5.74) is 4.07. The zero-order valence-electron chi connectivity index (χ0n) is 27.3. The van der Waals surface area contributed by atoms with Gasteiger partial charge >= 0.3 is 5.97 Å². The summed E-state index contributed by atoms with van der Waals surface area (Å²) in [6.07, 6.45) is 6.07. The number of hydrogen-bond donors (Lipinski definition) is 4. The third-order valence-electron chi connectivity index (χ3n) is 8.36. The summed E-state index contributed by atoms with van der Waals surface area (Å²) in [6.45, 7) is 3.98. The lowest BCUT2D eigenvalue weighted by Crippen LogP contribution is -2.30. The molecule has 2 atom stereocenters. The quantitative estimate of drug-likeness (QED) is 0.0676. The molecule has 6 rings (SSSR count). The highest BCUT2D eigenvalue weighted by molar-refractivity contribution is 8.00. The number of rotatable bonds is 10. The zero-order valence-corrected chi connectivity index (χ0v) is 28.9. The van der Waals surface area contributed by atoms with Gasteiger partial charge in [-0.2, -0.15) is 0 Å². The number of ether oxygens (including phenoxy) is 1. The minimum Gasteiger partial charge on any atom is -0.465 e. The molecule has 9 nitrogen and oxygen atoms in total. The maximum atomic E-state index is 13.7. The van der Waals surface area contributed by atoms with E-state index in [9.17, 15) is 19.2 Å². The molecule has 3 aromatic carbocycles. The predicted molar refractivity (Wildman–Crippen MR) is 196 cm³/mol. The van der Waals surface area contributed by atoms with Gasteiger partial charge < -0.3 is 25.7 Å². The van der Waals surface area contributed by atoms with E-state index >= 15 is 0 Å². The van der Waals surface area contributed by atoms with Crippen LogP contribution in [0.3, 0.4) is 0 Å². The summed E-state index contributed by atoms with van der Waals surface area (Å²) >= 11 is 2.78. The number of fused-ring (bicyclic) bond motifs is 2. The number of nitrogens with one attached hydrogen (secondary N) is 4. The van der Waals surface area contributed by atoms with Crippen LogP contribution >= 0.6 is 23.1 Å². The van der Waals surface area contributed by atoms with Crippen LogP contribution in [0, 0.1) is 5.92 Å². The van der Waals surface area contributed by atoms with Gasteiger partial charge in [0.2, 0.25) is 5.91 Å². The van der Waals surface area contributed by atoms with E-state index in [1.54, 1.807) is 61.7 Å². The Morgan fingerprint density at radius 2 is 1.78 bits per heavy atom. The second kappa shape index (κ2) is 15.0. The third kappa shape index (κ3) is 7.79. The van der Waals surface area contributed by atoms with E-state index < -0.39 is 23.0 Å². The average molecular weight is 693 g/mol. The number of methoxy groups -OCH3 is 1. The van der Waals surface area contributed by atoms with Crippen molar-refractivity contribution in [2.75, 3.05) is 17.7 Å². The van der Waals surface area contributed by atoms with Crippen molar-refractivity contribution in [3.63, 3.8) is 0 Å². The number of aromatic amines is 1. The van der Waals surface area contributed by atoms with Gasteiger partial charge in [0.1, 0.15) is 10.7 Å². The Morgan fingerprint density at radius 3 is 2.57 bits per heavy atom. The van der Waals surface area contributed by atoms with E-state index in [2.05, 4.69) is 27.9 Å². The number of thioether (sulfide) groups is 1. The van der Waals surface area contributed by atoms with Crippen molar-refractivity contribution in [1.82, 2.24) is 10.3 Å². The Bertz CT molecular complexity index is 2070. The molecule has 0 saturated heterocycles. The standard InChI is InChI=1S/C38H36N4O5S2/c1-22-16-17-29-32(18-22)49-37(33(29)38(46)47-3)42-34(43)23(2)48-27-13-9-12-26(20-27)40-36(45)31(41-35(44)24-10-5-4-6-11-24)19-25-21-39-30-15-8-7-14-28(25)30/h4-15,19-23,39H,16-18H2,1-3H3,(H,40,45)(H,41,44)(H,42,43)/b31-19-. The summed E-state index contributed by atoms with van der Waals surface area (Å²) in [7, 11) is 1.35. The van der Waals surface area contributed by atoms with Crippen molar-refractivity contribution < 1.29 is 23.9 Å². The first kappa shape index (κ1) is 33.8. The highest BCUT2D eigenvalue weighted by atomic mass is 32.2. The van der Waals surface area contributed by atoms with Crippen LogP contribution < -0.4 is 16.0 Å². The highest BCUT2D eigenvalue weighted by Crippen LogP contribution is 2.40. The lowest BCUT2D eigenvalue weighted by molar-refractivity contribution is -0.115. The summed E-state index contributed by atoms with van der Waals surface area (Å²) in [5.74, 6) is -1.09. The Kier molecular flexibility index (Phi) is 10.3. The Labute approximate surface area is 292 Å². The second-order valence-corrected chi connectivity index (χ2v) is 14.5. The lowest BCUT2D eigenvalue weighted by atomic mass is 9.88. The van der Waals surface area contributed by atoms with Gasteiger partial charge in [0.15, 0.2) is 0 Å². The minimum absolute atomic E-state index is 0.0684. The predicted octanol–water partition coefficient (Wildman–Crippen LogP) is 7.67. The number of hydrogen-bond acceptors (Lipinski definition) is 7. The fourth-order valence-corrected chi connectivity index (χ4v) is 8.11. The molecule has 0 fully saturated rings. The Hall–Kier alpha value is -5.13. The molecule has 11 heteroatoms. The number of benzene rings is 3. The fourth-order valence-electron chi connectivity index (χ4n) is 5.78. The maximum absolute atomic E-state index is 13.7. The molecule has 2 heterocycles. The summed E-state index contributed by atoms with van der Waals surface area (Å²) < 4.78 is 5.07. The van der Waals surface area contributed by atoms with Crippen LogP contribution in [0.4, 0.5) is 10.7 Å². The van der Waals surface area contributed by atoms with E-state index in [0.29, 0.717) is 27.7 Å². The monoisotopic (exact) mass is 692 g/mol. The van der Waals surface area contributed by atoms with Crippen LogP contribution in [-0.2, 0) is 27.2 Å². The number of H-pyrrole nitrogens is 1. The Balaban J connectivity index is 1.18. The van der Waals surface area contributed by atoms with Crippen LogP contribution in [0.1, 0.15) is 57.0 Å². The molecule has 0 radical (unpaired) electrons. The largest absolute Gasteiger partial charge is 0.465 e. The van der Waals surface area contributed by atoms with Crippen molar-refractivity contribution in [3.8, 4) is 0 Å². The molecular formula is C38H36N4O5S2. The first-order valence-electron chi connectivity index (χ1n) is 16.0. The summed E-state index contributed by atoms with van der Waals surface area (Å²) in [6, 6.07) is 23.6. The third-order valence-corrected chi connectivity index (χ3v) is 10.6. The van der Waals surface area contributed by atoms with Crippen LogP contribution in [0.2, 0.25) is 0 Å². The number of anilines is 2. The van der Waals surface area contributed by atoms with Crippen molar-refractivity contribution in [2.24, 2.45) is 5.92 Å². The first-order chi connectivity index (χ1) is 23.7. The molecule has 0 bridgehead atoms. The van der Waals surface area contributed by atoms with E-state index in [0.717, 1.165) is 51.1 Å². The second-order valence-electron chi connectivity index (χ2n) is 11.9. The van der Waals surface area contributed by atoms with E-state index in [-0.39, 0.29) is 11.6 Å². The smallest absolute Gasteiger partial charge is 0.341 e. The number of thiophene rings is 1. The van der Waals surface area contributed by atoms with Gasteiger partial charge in [-0.25, -0.2) is 4.79 Å². The number of para-hydroxylation sites is 1. The molecule has 1 aliphatic rings. The number of carbonyl (C=O) groups excluding carboxylic acids is 4. The number of aromatic nitrogens is 1. The summed E-state index contributed by atoms with van der Waals surface area (Å²) in [5, 5.41) is 9.58. The van der Waals surface area contributed by atoms with Gasteiger partial charge in [0.25, 0.3) is 11.8 Å². The molecule has 0 saturated carbocycles. The topological polar surface area (TPSA) is 129 Å². The summed E-state index contributed by atoms with van der Waals surface area (Å²) in [4.78, 5) is 58.0. The van der Waals surface area contributed by atoms with Crippen molar-refractivity contribution >= 4 is 74.5 Å². The lowest BCUT2D eigenvalue weighted by Gasteiger charge is -2.18. The minimum atomic E-state index is -0.517. The maximum Gasteiger partial charge on any atom is 0.341 e. The van der Waals surface area contributed by atoms with Gasteiger partial charge in [0, 0.05) is 43.7 Å². The molecular weight excluding hydrogens is 657 g/mol. The Morgan fingerprint density at radius 1 is 1.00 bits per heavy atom. The number of carbonyl (C=O) groups is 4. The number of amides is 3. The molecule has 4 N–H and O–H groups in total. The van der Waals surface area contributed by atoms with Gasteiger partial charge in [0.05, 0.1) is 17.9 Å². The van der Waals surface area contributed by atoms with Gasteiger partial charge in [-0.15, -0.1) is 23.1 Å². The molecule has 3 amide bonds. The van der Waals surface area contributed by atoms with Crippen molar-refractivity contribution in [2.45, 2.75) is 43.3 Å². The molecule has 2 aromatic heterocycles. The van der Waals surface area contributed by atoms with Gasteiger partial charge in [-0.3, -0.25) is 14.4 Å². The number of esters is 1. The van der Waals surface area contributed by atoms with Gasteiger partial charge in [-0.05, 0) is 80.1 Å². The van der Waals surface area contributed by atoms with Crippen molar-refractivity contribution in [1.29, 1.82) is 0 Å².